The van der Waals surface area contributed by atoms with Crippen molar-refractivity contribution >= 4 is 33.4 Å². The van der Waals surface area contributed by atoms with E-state index in [9.17, 15) is 48.6 Å². The van der Waals surface area contributed by atoms with Crippen molar-refractivity contribution in [3.63, 3.8) is 0 Å². The van der Waals surface area contributed by atoms with Gasteiger partial charge in [0, 0.05) is 19.0 Å². The fourth-order valence-electron chi connectivity index (χ4n) is 7.22. The predicted octanol–water partition coefficient (Wildman–Crippen LogP) is 8.99. The molecule has 1 aliphatic rings. The number of nitrogen functional groups attached to an aromatic ring is 1. The number of esters is 2. The molecule has 2 heterocycles. The van der Waals surface area contributed by atoms with Gasteiger partial charge in [0.25, 0.3) is 0 Å². The number of hydrogen-bond donors (Lipinski definition) is 6. The number of phosphoric acid groups is 2. The van der Waals surface area contributed by atoms with Gasteiger partial charge in [0.05, 0.1) is 19.3 Å². The van der Waals surface area contributed by atoms with E-state index in [2.05, 4.69) is 30.1 Å². The number of carbonyl (C=O) groups excluding carboxylic acids is 2. The number of ether oxygens (including phenoxy) is 3. The van der Waals surface area contributed by atoms with Gasteiger partial charge in [0.15, 0.2) is 12.3 Å². The second-order valence-corrected chi connectivity index (χ2v) is 20.8. The van der Waals surface area contributed by atoms with Gasteiger partial charge in [-0.25, -0.2) is 13.9 Å². The summed E-state index contributed by atoms with van der Waals surface area (Å²) in [7, 11) is -10.9. The number of allylic oxidation sites excluding steroid dienone is 7. The molecule has 0 aliphatic carbocycles. The lowest BCUT2D eigenvalue weighted by molar-refractivity contribution is -0.161. The second-order valence-electron chi connectivity index (χ2n) is 17.8. The van der Waals surface area contributed by atoms with Gasteiger partial charge < -0.3 is 45.1 Å². The summed E-state index contributed by atoms with van der Waals surface area (Å²) in [6.45, 7) is 4.28. The molecule has 1 aromatic heterocycles. The number of aliphatic hydroxyl groups excluding tert-OH is 3. The van der Waals surface area contributed by atoms with E-state index in [1.807, 2.05) is 42.5 Å². The van der Waals surface area contributed by atoms with Crippen LogP contribution in [0, 0.1) is 5.92 Å². The fourth-order valence-corrected chi connectivity index (χ4v) is 9.33. The lowest BCUT2D eigenvalue weighted by atomic mass is 9.99. The molecule has 0 radical (unpaired) electrons. The number of aliphatic hydroxyl groups is 3. The van der Waals surface area contributed by atoms with Crippen LogP contribution in [-0.4, -0.2) is 96.9 Å². The number of aromatic nitrogens is 2. The Labute approximate surface area is 414 Å². The molecule has 7 N–H and O–H groups in total. The van der Waals surface area contributed by atoms with Crippen LogP contribution >= 0.6 is 15.6 Å². The van der Waals surface area contributed by atoms with E-state index < -0.39 is 89.8 Å². The van der Waals surface area contributed by atoms with E-state index >= 15 is 0 Å². The maximum atomic E-state index is 12.8. The van der Waals surface area contributed by atoms with E-state index in [1.165, 1.54) is 51.0 Å². The quantitative estimate of drug-likeness (QED) is 0.0117. The van der Waals surface area contributed by atoms with Gasteiger partial charge in [0.1, 0.15) is 30.7 Å². The molecule has 1 aliphatic heterocycles. The molecule has 2 rings (SSSR count). The van der Waals surface area contributed by atoms with E-state index in [0.717, 1.165) is 74.5 Å². The summed E-state index contributed by atoms with van der Waals surface area (Å²) in [4.78, 5) is 61.8. The highest BCUT2D eigenvalue weighted by Gasteiger charge is 2.46. The average molecular weight is 1030 g/mol. The molecule has 19 nitrogen and oxygen atoms in total. The van der Waals surface area contributed by atoms with Crippen molar-refractivity contribution < 1.29 is 71.4 Å². The molecule has 3 unspecified atom stereocenters. The summed E-state index contributed by atoms with van der Waals surface area (Å²) in [5.41, 5.74) is 4.58. The molecule has 0 spiro atoms. The van der Waals surface area contributed by atoms with E-state index in [4.69, 9.17) is 29.0 Å². The smallest absolute Gasteiger partial charge is 0.462 e. The number of nitrogens with zero attached hydrogens (tertiary/aromatic N) is 2. The topological polar surface area (TPSA) is 286 Å². The summed E-state index contributed by atoms with van der Waals surface area (Å²) in [5.74, 6) is -0.596. The van der Waals surface area contributed by atoms with Crippen LogP contribution in [0.4, 0.5) is 5.82 Å². The van der Waals surface area contributed by atoms with Gasteiger partial charge >= 0.3 is 33.3 Å². The summed E-state index contributed by atoms with van der Waals surface area (Å²) in [6.07, 6.45) is 28.2. The predicted molar refractivity (Wildman–Crippen MR) is 267 cm³/mol. The standard InChI is InChI=1S/C49H83N3O16P2/c1-4-6-24-30-40(53)31-26-21-17-13-8-7-9-15-19-23-28-33-45(55)66-41(36-63-44(54)32-27-22-18-14-11-10-12-16-20-25-29-39(3)5-2)37-64-69(59,60)68-70(61,62)65-38-42-46(56)47(57)48(67-42)52-35-34-43(50)51-49(52)58/h7-8,15,17,19,21,26,31,34-35,39-42,46-48,53,56-57H,4-6,9-14,16,18,20,22-25,27-30,32-33,36-38H2,1-3H3,(H,59,60)(H,61,62)(H2,50,51,58)/b8-7-,19-15-,21-17-,31-26+/t39?,40-,41+,42+,46+,47+,48+/m0/s1. The minimum Gasteiger partial charge on any atom is -0.462 e. The van der Waals surface area contributed by atoms with Crippen molar-refractivity contribution in [3.8, 4) is 0 Å². The Hall–Kier alpha value is -3.32. The van der Waals surface area contributed by atoms with Crippen molar-refractivity contribution in [3.05, 3.63) is 71.4 Å². The third-order valence-electron chi connectivity index (χ3n) is 11.6. The van der Waals surface area contributed by atoms with Crippen molar-refractivity contribution in [1.82, 2.24) is 9.55 Å². The maximum Gasteiger partial charge on any atom is 0.481 e. The molecule has 0 aromatic carbocycles. The molecule has 1 aromatic rings. The minimum absolute atomic E-state index is 0.0461. The van der Waals surface area contributed by atoms with E-state index in [-0.39, 0.29) is 18.7 Å². The first kappa shape index (κ1) is 62.8. The van der Waals surface area contributed by atoms with Crippen molar-refractivity contribution in [2.45, 2.75) is 199 Å². The highest BCUT2D eigenvalue weighted by atomic mass is 31.3. The molecule has 400 valence electrons. The van der Waals surface area contributed by atoms with Crippen LogP contribution in [0.1, 0.15) is 168 Å². The monoisotopic (exact) mass is 1030 g/mol. The van der Waals surface area contributed by atoms with Gasteiger partial charge in [-0.15, -0.1) is 0 Å². The van der Waals surface area contributed by atoms with Gasteiger partial charge in [-0.1, -0.05) is 159 Å². The largest absolute Gasteiger partial charge is 0.481 e. The van der Waals surface area contributed by atoms with Gasteiger partial charge in [-0.3, -0.25) is 23.2 Å². The van der Waals surface area contributed by atoms with Crippen LogP contribution in [-0.2, 0) is 46.3 Å². The van der Waals surface area contributed by atoms with Gasteiger partial charge in [-0.2, -0.15) is 9.29 Å². The normalized spacial score (nSPS) is 20.6. The van der Waals surface area contributed by atoms with Gasteiger partial charge in [-0.05, 0) is 50.5 Å². The number of carbonyl (C=O) groups is 2. The highest BCUT2D eigenvalue weighted by Crippen LogP contribution is 2.60. The SMILES string of the molecule is CCCCC[C@H](O)/C=C/C=C\C/C=C\C/C=C\CCCC(=O)O[C@H](COC(=O)CCCCCCCCCCCCC(C)CC)COP(=O)(O)OP(=O)(O)OC[C@H]1O[C@@H](n2ccc(N)nc2=O)[C@H](O)[C@@H]1O. The van der Waals surface area contributed by atoms with Crippen molar-refractivity contribution in [1.29, 1.82) is 0 Å². The molecular formula is C49H83N3O16P2. The van der Waals surface area contributed by atoms with E-state index in [0.29, 0.717) is 25.7 Å². The third-order valence-corrected chi connectivity index (χ3v) is 14.2. The number of hydrogen-bond acceptors (Lipinski definition) is 16. The Bertz CT molecular complexity index is 1890. The zero-order chi connectivity index (χ0) is 51.6. The first-order valence-electron chi connectivity index (χ1n) is 25.2. The Morgan fingerprint density at radius 2 is 1.41 bits per heavy atom. The number of unbranched alkanes of at least 4 members (excludes halogenated alkanes) is 12. The summed E-state index contributed by atoms with van der Waals surface area (Å²) >= 11 is 0. The Balaban J connectivity index is 1.85. The molecule has 0 saturated carbocycles. The molecule has 21 heteroatoms. The van der Waals surface area contributed by atoms with Crippen LogP contribution in [0.5, 0.6) is 0 Å². The van der Waals surface area contributed by atoms with E-state index in [1.54, 1.807) is 6.08 Å². The summed E-state index contributed by atoms with van der Waals surface area (Å²) in [6, 6.07) is 1.24. The number of nitrogens with two attached hydrogens (primary N) is 1. The molecule has 0 amide bonds. The summed E-state index contributed by atoms with van der Waals surface area (Å²) in [5, 5.41) is 30.8. The third kappa shape index (κ3) is 29.3. The molecule has 0 bridgehead atoms. The second kappa shape index (κ2) is 36.6. The van der Waals surface area contributed by atoms with Crippen molar-refractivity contribution in [2.75, 3.05) is 25.6 Å². The van der Waals surface area contributed by atoms with Crippen LogP contribution in [0.2, 0.25) is 0 Å². The molecular weight excluding hydrogens is 948 g/mol. The molecule has 70 heavy (non-hydrogen) atoms. The number of phosphoric ester groups is 2. The Morgan fingerprint density at radius 1 is 0.800 bits per heavy atom. The van der Waals surface area contributed by atoms with Crippen LogP contribution in [0.3, 0.4) is 0 Å². The van der Waals surface area contributed by atoms with Gasteiger partial charge in [0.2, 0.25) is 0 Å². The number of rotatable bonds is 40. The fraction of sp³-hybridized carbons (Fsp3) is 0.714. The first-order chi connectivity index (χ1) is 33.5. The van der Waals surface area contributed by atoms with Crippen LogP contribution in [0.25, 0.3) is 0 Å². The maximum absolute atomic E-state index is 12.8. The highest BCUT2D eigenvalue weighted by molar-refractivity contribution is 7.61. The molecule has 9 atom stereocenters. The number of anilines is 1. The molecule has 1 saturated heterocycles. The average Bonchev–Trinajstić information content (AvgIpc) is 3.59. The zero-order valence-corrected chi connectivity index (χ0v) is 43.4. The lowest BCUT2D eigenvalue weighted by Gasteiger charge is -2.21. The molecule has 1 fully saturated rings. The minimum atomic E-state index is -5.44. The van der Waals surface area contributed by atoms with Crippen LogP contribution in [0.15, 0.2) is 65.7 Å². The lowest BCUT2D eigenvalue weighted by Crippen LogP contribution is -2.36. The Morgan fingerprint density at radius 3 is 2.09 bits per heavy atom. The zero-order valence-electron chi connectivity index (χ0n) is 41.6. The first-order valence-corrected chi connectivity index (χ1v) is 28.1. The van der Waals surface area contributed by atoms with Crippen molar-refractivity contribution in [2.24, 2.45) is 5.92 Å². The summed E-state index contributed by atoms with van der Waals surface area (Å²) < 4.78 is 56.7. The van der Waals surface area contributed by atoms with Crippen LogP contribution < -0.4 is 11.4 Å². The Kier molecular flexibility index (Phi) is 32.8.